The SMILES string of the molecule is CCc1ccccc1N1C[C@H](C(=O)Nc2ccc(-c3cn4ccsc4n3)cc2)CC1=O. The number of hydrogen-bond acceptors (Lipinski definition) is 4. The molecule has 1 atom stereocenters. The number of anilines is 2. The molecule has 1 saturated heterocycles. The number of para-hydroxylation sites is 1. The molecule has 0 spiro atoms. The quantitative estimate of drug-likeness (QED) is 0.503. The zero-order valence-corrected chi connectivity index (χ0v) is 17.9. The predicted molar refractivity (Wildman–Crippen MR) is 123 cm³/mol. The highest BCUT2D eigenvalue weighted by Gasteiger charge is 2.35. The second kappa shape index (κ2) is 8.00. The molecular weight excluding hydrogens is 408 g/mol. The summed E-state index contributed by atoms with van der Waals surface area (Å²) < 4.78 is 2.00. The molecule has 1 aliphatic heterocycles. The van der Waals surface area contributed by atoms with Crippen molar-refractivity contribution < 1.29 is 9.59 Å². The van der Waals surface area contributed by atoms with Crippen LogP contribution in [-0.4, -0.2) is 27.7 Å². The molecule has 0 unspecified atom stereocenters. The molecule has 2 aromatic heterocycles. The first-order chi connectivity index (χ1) is 15.1. The summed E-state index contributed by atoms with van der Waals surface area (Å²) in [5, 5.41) is 4.96. The van der Waals surface area contributed by atoms with Gasteiger partial charge in [0.1, 0.15) is 0 Å². The number of nitrogens with one attached hydrogen (secondary N) is 1. The van der Waals surface area contributed by atoms with Gasteiger partial charge in [-0.25, -0.2) is 4.98 Å². The summed E-state index contributed by atoms with van der Waals surface area (Å²) in [5.41, 5.74) is 4.64. The molecule has 3 heterocycles. The van der Waals surface area contributed by atoms with Crippen LogP contribution in [0.25, 0.3) is 16.2 Å². The Labute approximate surface area is 184 Å². The Morgan fingerprint density at radius 3 is 2.77 bits per heavy atom. The van der Waals surface area contributed by atoms with Crippen molar-refractivity contribution in [3.63, 3.8) is 0 Å². The third kappa shape index (κ3) is 3.72. The van der Waals surface area contributed by atoms with Crippen molar-refractivity contribution in [1.29, 1.82) is 0 Å². The van der Waals surface area contributed by atoms with Crippen LogP contribution in [0, 0.1) is 5.92 Å². The van der Waals surface area contributed by atoms with Crippen LogP contribution in [0.15, 0.2) is 66.3 Å². The van der Waals surface area contributed by atoms with Crippen LogP contribution in [0.1, 0.15) is 18.9 Å². The number of aryl methyl sites for hydroxylation is 1. The van der Waals surface area contributed by atoms with E-state index in [1.165, 1.54) is 0 Å². The molecule has 0 saturated carbocycles. The smallest absolute Gasteiger partial charge is 0.229 e. The molecule has 1 fully saturated rings. The van der Waals surface area contributed by atoms with E-state index in [9.17, 15) is 9.59 Å². The van der Waals surface area contributed by atoms with Gasteiger partial charge in [0.15, 0.2) is 4.96 Å². The minimum Gasteiger partial charge on any atom is -0.326 e. The molecule has 0 bridgehead atoms. The fourth-order valence-corrected chi connectivity index (χ4v) is 4.72. The zero-order valence-electron chi connectivity index (χ0n) is 17.1. The van der Waals surface area contributed by atoms with Gasteiger partial charge in [-0.05, 0) is 30.2 Å². The van der Waals surface area contributed by atoms with Gasteiger partial charge in [0, 0.05) is 47.7 Å². The highest BCUT2D eigenvalue weighted by Crippen LogP contribution is 2.29. The summed E-state index contributed by atoms with van der Waals surface area (Å²) in [5.74, 6) is -0.492. The number of hydrogen-bond donors (Lipinski definition) is 1. The van der Waals surface area contributed by atoms with Crippen molar-refractivity contribution in [2.24, 2.45) is 5.92 Å². The molecular formula is C24H22N4O2S. The van der Waals surface area contributed by atoms with Gasteiger partial charge in [-0.2, -0.15) is 0 Å². The van der Waals surface area contributed by atoms with Gasteiger partial charge in [0.05, 0.1) is 11.6 Å². The van der Waals surface area contributed by atoms with E-state index in [0.29, 0.717) is 6.54 Å². The van der Waals surface area contributed by atoms with Gasteiger partial charge in [-0.3, -0.25) is 14.0 Å². The Balaban J connectivity index is 1.27. The van der Waals surface area contributed by atoms with Crippen molar-refractivity contribution in [3.05, 3.63) is 71.9 Å². The van der Waals surface area contributed by atoms with Gasteiger partial charge in [0.25, 0.3) is 0 Å². The average Bonchev–Trinajstić information content (AvgIpc) is 3.49. The van der Waals surface area contributed by atoms with Crippen LogP contribution in [0.2, 0.25) is 0 Å². The molecule has 2 amide bonds. The highest BCUT2D eigenvalue weighted by molar-refractivity contribution is 7.15. The van der Waals surface area contributed by atoms with Crippen LogP contribution in [-0.2, 0) is 16.0 Å². The number of rotatable bonds is 5. The van der Waals surface area contributed by atoms with Gasteiger partial charge in [-0.1, -0.05) is 37.3 Å². The third-order valence-electron chi connectivity index (χ3n) is 5.70. The van der Waals surface area contributed by atoms with Gasteiger partial charge < -0.3 is 10.2 Å². The number of amides is 2. The lowest BCUT2D eigenvalue weighted by Crippen LogP contribution is -2.28. The minimum absolute atomic E-state index is 0.00357. The fourth-order valence-electron chi connectivity index (χ4n) is 4.02. The molecule has 156 valence electrons. The molecule has 0 aliphatic carbocycles. The zero-order chi connectivity index (χ0) is 21.4. The van der Waals surface area contributed by atoms with E-state index in [-0.39, 0.29) is 24.2 Å². The van der Waals surface area contributed by atoms with Crippen LogP contribution >= 0.6 is 11.3 Å². The van der Waals surface area contributed by atoms with Crippen LogP contribution in [0.3, 0.4) is 0 Å². The van der Waals surface area contributed by atoms with Gasteiger partial charge >= 0.3 is 0 Å². The number of fused-ring (bicyclic) bond motifs is 1. The van der Waals surface area contributed by atoms with Gasteiger partial charge in [-0.15, -0.1) is 11.3 Å². The lowest BCUT2D eigenvalue weighted by atomic mass is 10.1. The van der Waals surface area contributed by atoms with E-state index in [1.807, 2.05) is 70.7 Å². The van der Waals surface area contributed by atoms with E-state index in [4.69, 9.17) is 0 Å². The molecule has 0 radical (unpaired) electrons. The normalized spacial score (nSPS) is 16.2. The lowest BCUT2D eigenvalue weighted by molar-refractivity contribution is -0.122. The summed E-state index contributed by atoms with van der Waals surface area (Å²) in [6.45, 7) is 2.48. The van der Waals surface area contributed by atoms with Crippen LogP contribution < -0.4 is 10.2 Å². The topological polar surface area (TPSA) is 66.7 Å². The maximum absolute atomic E-state index is 12.8. The molecule has 31 heavy (non-hydrogen) atoms. The molecule has 4 aromatic rings. The first-order valence-corrected chi connectivity index (χ1v) is 11.2. The number of carbonyl (C=O) groups excluding carboxylic acids is 2. The number of imidazole rings is 1. The summed E-state index contributed by atoms with van der Waals surface area (Å²) >= 11 is 1.59. The Kier molecular flexibility index (Phi) is 5.03. The number of thiazole rings is 1. The second-order valence-electron chi connectivity index (χ2n) is 7.67. The van der Waals surface area contributed by atoms with E-state index < -0.39 is 0 Å². The third-order valence-corrected chi connectivity index (χ3v) is 6.47. The summed E-state index contributed by atoms with van der Waals surface area (Å²) in [6.07, 6.45) is 5.05. The fraction of sp³-hybridized carbons (Fsp3) is 0.208. The van der Waals surface area contributed by atoms with Crippen LogP contribution in [0.5, 0.6) is 0 Å². The van der Waals surface area contributed by atoms with Crippen LogP contribution in [0.4, 0.5) is 11.4 Å². The van der Waals surface area contributed by atoms with Crippen molar-refractivity contribution in [2.75, 3.05) is 16.8 Å². The maximum Gasteiger partial charge on any atom is 0.229 e. The summed E-state index contributed by atoms with van der Waals surface area (Å²) in [6, 6.07) is 15.5. The Morgan fingerprint density at radius 1 is 1.19 bits per heavy atom. The Hall–Kier alpha value is -3.45. The minimum atomic E-state index is -0.364. The molecule has 5 rings (SSSR count). The molecule has 1 aliphatic rings. The van der Waals surface area contributed by atoms with Crippen molar-refractivity contribution in [1.82, 2.24) is 9.38 Å². The summed E-state index contributed by atoms with van der Waals surface area (Å²) in [4.78, 5) is 32.7. The van der Waals surface area contributed by atoms with E-state index in [0.717, 1.165) is 39.6 Å². The monoisotopic (exact) mass is 430 g/mol. The molecule has 6 nitrogen and oxygen atoms in total. The Bertz CT molecular complexity index is 1230. The largest absolute Gasteiger partial charge is 0.326 e. The highest BCUT2D eigenvalue weighted by atomic mass is 32.1. The molecule has 7 heteroatoms. The van der Waals surface area contributed by atoms with E-state index in [1.54, 1.807) is 16.2 Å². The molecule has 2 aromatic carbocycles. The van der Waals surface area contributed by atoms with E-state index >= 15 is 0 Å². The molecule has 1 N–H and O–H groups in total. The number of nitrogens with zero attached hydrogens (tertiary/aromatic N) is 3. The second-order valence-corrected chi connectivity index (χ2v) is 8.55. The first-order valence-electron chi connectivity index (χ1n) is 10.3. The van der Waals surface area contributed by atoms with E-state index in [2.05, 4.69) is 17.2 Å². The number of aromatic nitrogens is 2. The average molecular weight is 431 g/mol. The Morgan fingerprint density at radius 2 is 2.00 bits per heavy atom. The number of carbonyl (C=O) groups is 2. The summed E-state index contributed by atoms with van der Waals surface area (Å²) in [7, 11) is 0. The standard InChI is InChI=1S/C24H22N4O2S/c1-2-16-5-3-4-6-21(16)28-14-18(13-22(28)29)23(30)25-19-9-7-17(8-10-19)20-15-27-11-12-31-24(27)26-20/h3-12,15,18H,2,13-14H2,1H3,(H,25,30)/t18-/m1/s1. The predicted octanol–water partition coefficient (Wildman–Crippen LogP) is 4.62. The van der Waals surface area contributed by atoms with Gasteiger partial charge in [0.2, 0.25) is 11.8 Å². The van der Waals surface area contributed by atoms with Crippen molar-refractivity contribution >= 4 is 39.5 Å². The maximum atomic E-state index is 12.8. The number of benzene rings is 2. The van der Waals surface area contributed by atoms with Crippen molar-refractivity contribution in [3.8, 4) is 11.3 Å². The lowest BCUT2D eigenvalue weighted by Gasteiger charge is -2.20. The van der Waals surface area contributed by atoms with Crippen molar-refractivity contribution in [2.45, 2.75) is 19.8 Å². The first kappa shape index (κ1) is 19.5.